The highest BCUT2D eigenvalue weighted by molar-refractivity contribution is 6.17. The van der Waals surface area contributed by atoms with Crippen molar-refractivity contribution >= 4 is 17.2 Å². The van der Waals surface area contributed by atoms with Gasteiger partial charge in [-0.3, -0.25) is 15.4 Å². The number of pyridine rings is 2. The van der Waals surface area contributed by atoms with Crippen LogP contribution in [0.3, 0.4) is 0 Å². The maximum atomic E-state index is 4.79. The van der Waals surface area contributed by atoms with Crippen molar-refractivity contribution in [3.63, 3.8) is 0 Å². The molecule has 0 spiro atoms. The molecule has 2 aromatic heterocycles. The number of fused-ring (bicyclic) bond motifs is 1. The van der Waals surface area contributed by atoms with Gasteiger partial charge in [-0.15, -0.1) is 0 Å². The molecule has 1 aliphatic rings. The fourth-order valence-corrected chi connectivity index (χ4v) is 2.76. The molecule has 1 N–H and O–H groups in total. The van der Waals surface area contributed by atoms with Crippen LogP contribution in [0.2, 0.25) is 0 Å². The topological polar surface area (TPSA) is 62.5 Å². The molecule has 1 aliphatic heterocycles. The summed E-state index contributed by atoms with van der Waals surface area (Å²) in [6, 6.07) is 14.1. The zero-order valence-electron chi connectivity index (χ0n) is 13.8. The monoisotopic (exact) mass is 327 g/mol. The number of nitrogens with one attached hydrogen (secondary N) is 1. The first-order valence-corrected chi connectivity index (χ1v) is 8.21. The summed E-state index contributed by atoms with van der Waals surface area (Å²) in [6.45, 7) is 2.14. The smallest absolute Gasteiger partial charge is 0.155 e. The molecule has 0 radical (unpaired) electrons. The molecule has 5 nitrogen and oxygen atoms in total. The van der Waals surface area contributed by atoms with E-state index in [4.69, 9.17) is 4.99 Å². The van der Waals surface area contributed by atoms with Gasteiger partial charge in [0.05, 0.1) is 5.69 Å². The van der Waals surface area contributed by atoms with Gasteiger partial charge in [0.15, 0.2) is 5.84 Å². The molecule has 1 aromatic carbocycles. The van der Waals surface area contributed by atoms with Crippen molar-refractivity contribution in [2.75, 3.05) is 0 Å². The van der Waals surface area contributed by atoms with Crippen LogP contribution in [0.5, 0.6) is 0 Å². The van der Waals surface area contributed by atoms with Crippen molar-refractivity contribution in [2.24, 2.45) is 10.1 Å². The number of benzene rings is 1. The number of aryl methyl sites for hydroxylation is 1. The van der Waals surface area contributed by atoms with E-state index in [1.165, 1.54) is 5.56 Å². The van der Waals surface area contributed by atoms with Crippen molar-refractivity contribution < 1.29 is 0 Å². The molecule has 0 fully saturated rings. The SMILES string of the molecule is CCc1ccc2c(c1)C(c1cccnc1)=NNC(c1cccnc1)=N2. The fourth-order valence-electron chi connectivity index (χ4n) is 2.76. The molecule has 0 aliphatic carbocycles. The van der Waals surface area contributed by atoms with Gasteiger partial charge in [-0.25, -0.2) is 4.99 Å². The lowest BCUT2D eigenvalue weighted by Crippen LogP contribution is -2.19. The van der Waals surface area contributed by atoms with E-state index >= 15 is 0 Å². The zero-order chi connectivity index (χ0) is 17.1. The van der Waals surface area contributed by atoms with Gasteiger partial charge < -0.3 is 0 Å². The highest BCUT2D eigenvalue weighted by Crippen LogP contribution is 2.27. The number of aliphatic imine (C=N–C) groups is 1. The Hall–Kier alpha value is -3.34. The second kappa shape index (κ2) is 6.65. The van der Waals surface area contributed by atoms with Crippen LogP contribution in [0.25, 0.3) is 0 Å². The summed E-state index contributed by atoms with van der Waals surface area (Å²) in [5.41, 5.74) is 8.90. The summed E-state index contributed by atoms with van der Waals surface area (Å²) in [5, 5.41) is 4.64. The number of hydrogen-bond donors (Lipinski definition) is 1. The Kier molecular flexibility index (Phi) is 4.04. The molecule has 0 saturated heterocycles. The maximum absolute atomic E-state index is 4.79. The molecule has 0 unspecified atom stereocenters. The van der Waals surface area contributed by atoms with Crippen LogP contribution in [0.15, 0.2) is 77.3 Å². The predicted octanol–water partition coefficient (Wildman–Crippen LogP) is 3.47. The lowest BCUT2D eigenvalue weighted by atomic mass is 9.99. The van der Waals surface area contributed by atoms with Crippen LogP contribution < -0.4 is 5.43 Å². The van der Waals surface area contributed by atoms with Gasteiger partial charge >= 0.3 is 0 Å². The normalized spacial score (nSPS) is 13.2. The van der Waals surface area contributed by atoms with Gasteiger partial charge in [-0.1, -0.05) is 13.0 Å². The van der Waals surface area contributed by atoms with Crippen LogP contribution in [-0.2, 0) is 6.42 Å². The van der Waals surface area contributed by atoms with Crippen molar-refractivity contribution in [2.45, 2.75) is 13.3 Å². The molecule has 0 bridgehead atoms. The number of hydrogen-bond acceptors (Lipinski definition) is 5. The van der Waals surface area contributed by atoms with E-state index in [1.54, 1.807) is 18.6 Å². The minimum Gasteiger partial charge on any atom is -0.264 e. The first kappa shape index (κ1) is 15.2. The lowest BCUT2D eigenvalue weighted by Gasteiger charge is -2.09. The van der Waals surface area contributed by atoms with Crippen molar-refractivity contribution in [1.82, 2.24) is 15.4 Å². The van der Waals surface area contributed by atoms with Gasteiger partial charge in [0.1, 0.15) is 5.71 Å². The molecule has 0 saturated carbocycles. The number of aromatic nitrogens is 2. The Morgan fingerprint density at radius 3 is 2.36 bits per heavy atom. The molecule has 122 valence electrons. The number of amidine groups is 1. The molecule has 0 atom stereocenters. The van der Waals surface area contributed by atoms with Gasteiger partial charge in [0, 0.05) is 41.5 Å². The van der Waals surface area contributed by atoms with E-state index in [1.807, 2.05) is 36.5 Å². The minimum atomic E-state index is 0.678. The third-order valence-electron chi connectivity index (χ3n) is 4.10. The average molecular weight is 327 g/mol. The number of rotatable bonds is 3. The maximum Gasteiger partial charge on any atom is 0.155 e. The molecule has 3 heterocycles. The standard InChI is InChI=1S/C20H17N5/c1-2-14-7-8-18-17(11-14)19(15-5-3-9-21-12-15)24-25-20(23-18)16-6-4-10-22-13-16/h3-13H,2H2,1H3,(H,23,25). The van der Waals surface area contributed by atoms with Crippen LogP contribution >= 0.6 is 0 Å². The quantitative estimate of drug-likeness (QED) is 0.801. The lowest BCUT2D eigenvalue weighted by molar-refractivity contribution is 1.03. The third kappa shape index (κ3) is 3.04. The predicted molar refractivity (Wildman–Crippen MR) is 99.3 cm³/mol. The Morgan fingerprint density at radius 1 is 0.920 bits per heavy atom. The Labute approximate surface area is 146 Å². The van der Waals surface area contributed by atoms with Crippen LogP contribution in [-0.4, -0.2) is 21.5 Å². The number of hydrazone groups is 1. The summed E-state index contributed by atoms with van der Waals surface area (Å²) in [6.07, 6.45) is 8.05. The second-order valence-electron chi connectivity index (χ2n) is 5.72. The first-order valence-electron chi connectivity index (χ1n) is 8.21. The van der Waals surface area contributed by atoms with Crippen LogP contribution in [0, 0.1) is 0 Å². The van der Waals surface area contributed by atoms with Crippen molar-refractivity contribution in [3.8, 4) is 0 Å². The molecule has 5 heteroatoms. The Balaban J connectivity index is 1.89. The molecule has 3 aromatic rings. The molecular weight excluding hydrogens is 310 g/mol. The summed E-state index contributed by atoms with van der Waals surface area (Å²) >= 11 is 0. The molecular formula is C20H17N5. The van der Waals surface area contributed by atoms with E-state index in [0.29, 0.717) is 5.84 Å². The first-order chi connectivity index (χ1) is 12.3. The fraction of sp³-hybridized carbons (Fsp3) is 0.100. The van der Waals surface area contributed by atoms with Crippen molar-refractivity contribution in [3.05, 3.63) is 89.5 Å². The Morgan fingerprint density at radius 2 is 1.68 bits per heavy atom. The summed E-state index contributed by atoms with van der Waals surface area (Å²) in [5.74, 6) is 0.678. The highest BCUT2D eigenvalue weighted by Gasteiger charge is 2.17. The highest BCUT2D eigenvalue weighted by atomic mass is 15.3. The van der Waals surface area contributed by atoms with E-state index < -0.39 is 0 Å². The largest absolute Gasteiger partial charge is 0.264 e. The second-order valence-corrected chi connectivity index (χ2v) is 5.72. The molecule has 4 rings (SSSR count). The average Bonchev–Trinajstić information content (AvgIpc) is 2.88. The van der Waals surface area contributed by atoms with E-state index in [-0.39, 0.29) is 0 Å². The molecule has 25 heavy (non-hydrogen) atoms. The summed E-state index contributed by atoms with van der Waals surface area (Å²) in [7, 11) is 0. The third-order valence-corrected chi connectivity index (χ3v) is 4.10. The minimum absolute atomic E-state index is 0.678. The van der Waals surface area contributed by atoms with Gasteiger partial charge in [-0.2, -0.15) is 5.10 Å². The summed E-state index contributed by atoms with van der Waals surface area (Å²) < 4.78 is 0. The van der Waals surface area contributed by atoms with Gasteiger partial charge in [0.2, 0.25) is 0 Å². The zero-order valence-corrected chi connectivity index (χ0v) is 13.8. The van der Waals surface area contributed by atoms with Gasteiger partial charge in [0.25, 0.3) is 0 Å². The van der Waals surface area contributed by atoms with E-state index in [9.17, 15) is 0 Å². The summed E-state index contributed by atoms with van der Waals surface area (Å²) in [4.78, 5) is 13.2. The molecule has 0 amide bonds. The van der Waals surface area contributed by atoms with E-state index in [2.05, 4.69) is 39.6 Å². The number of nitrogens with zero attached hydrogens (tertiary/aromatic N) is 4. The van der Waals surface area contributed by atoms with Gasteiger partial charge in [-0.05, 0) is 48.4 Å². The van der Waals surface area contributed by atoms with E-state index in [0.717, 1.165) is 34.5 Å². The van der Waals surface area contributed by atoms with Crippen LogP contribution in [0.1, 0.15) is 29.2 Å². The van der Waals surface area contributed by atoms with Crippen molar-refractivity contribution in [1.29, 1.82) is 0 Å². The Bertz CT molecular complexity index is 946. The van der Waals surface area contributed by atoms with Crippen LogP contribution in [0.4, 0.5) is 5.69 Å².